The highest BCUT2D eigenvalue weighted by Crippen LogP contribution is 2.32. The Hall–Kier alpha value is -1.46. The van der Waals surface area contributed by atoms with Crippen LogP contribution in [0.2, 0.25) is 0 Å². The fourth-order valence-electron chi connectivity index (χ4n) is 2.45. The Labute approximate surface area is 131 Å². The molecule has 0 aliphatic rings. The van der Waals surface area contributed by atoms with Crippen LogP contribution in [-0.2, 0) is 0 Å². The second-order valence-corrected chi connectivity index (χ2v) is 7.00. The van der Waals surface area contributed by atoms with Crippen molar-refractivity contribution in [2.75, 3.05) is 0 Å². The van der Waals surface area contributed by atoms with Gasteiger partial charge >= 0.3 is 0 Å². The molecule has 110 valence electrons. The topological polar surface area (TPSA) is 30.7 Å². The van der Waals surface area contributed by atoms with Crippen molar-refractivity contribution in [2.45, 2.75) is 32.2 Å². The van der Waals surface area contributed by atoms with E-state index in [0.29, 0.717) is 0 Å². The van der Waals surface area contributed by atoms with Gasteiger partial charge in [0.15, 0.2) is 0 Å². The van der Waals surface area contributed by atoms with Crippen LogP contribution in [0.1, 0.15) is 41.0 Å². The Morgan fingerprint density at radius 3 is 2.71 bits per heavy atom. The van der Waals surface area contributed by atoms with Crippen LogP contribution in [0.15, 0.2) is 24.4 Å². The summed E-state index contributed by atoms with van der Waals surface area (Å²) in [4.78, 5) is 10.1. The molecule has 2 heterocycles. The first kappa shape index (κ1) is 14.5. The highest BCUT2D eigenvalue weighted by Gasteiger charge is 2.22. The Morgan fingerprint density at radius 1 is 1.33 bits per heavy atom. The SMILES string of the molecule is Cc1cnc(C(C)n2c(C(C)Cl)nc3ccc(F)cc32)s1. The molecule has 0 spiro atoms. The highest BCUT2D eigenvalue weighted by molar-refractivity contribution is 7.11. The molecule has 2 unspecified atom stereocenters. The zero-order valence-electron chi connectivity index (χ0n) is 12.0. The van der Waals surface area contributed by atoms with Gasteiger partial charge < -0.3 is 4.57 Å². The lowest BCUT2D eigenvalue weighted by Gasteiger charge is -2.16. The minimum Gasteiger partial charge on any atom is -0.317 e. The predicted octanol–water partition coefficient (Wildman–Crippen LogP) is 4.85. The fraction of sp³-hybridized carbons (Fsp3) is 0.333. The maximum Gasteiger partial charge on any atom is 0.128 e. The lowest BCUT2D eigenvalue weighted by molar-refractivity contribution is 0.607. The van der Waals surface area contributed by atoms with Gasteiger partial charge in [-0.05, 0) is 39.0 Å². The van der Waals surface area contributed by atoms with E-state index in [9.17, 15) is 4.39 Å². The molecule has 0 N–H and O–H groups in total. The second kappa shape index (κ2) is 5.39. The average molecular weight is 324 g/mol. The molecule has 0 saturated heterocycles. The van der Waals surface area contributed by atoms with E-state index in [1.807, 2.05) is 31.5 Å². The van der Waals surface area contributed by atoms with E-state index < -0.39 is 0 Å². The van der Waals surface area contributed by atoms with Gasteiger partial charge in [-0.3, -0.25) is 0 Å². The standard InChI is InChI=1S/C15H15ClFN3S/c1-8-7-18-15(21-8)10(3)20-13-6-11(17)4-5-12(13)19-14(20)9(2)16/h4-7,9-10H,1-3H3. The van der Waals surface area contributed by atoms with E-state index in [2.05, 4.69) is 9.97 Å². The summed E-state index contributed by atoms with van der Waals surface area (Å²) < 4.78 is 15.6. The second-order valence-electron chi connectivity index (χ2n) is 5.07. The van der Waals surface area contributed by atoms with Gasteiger partial charge in [-0.25, -0.2) is 14.4 Å². The molecule has 0 saturated carbocycles. The summed E-state index contributed by atoms with van der Waals surface area (Å²) in [5.41, 5.74) is 1.50. The largest absolute Gasteiger partial charge is 0.317 e. The minimum absolute atomic E-state index is 0.0355. The maximum atomic E-state index is 13.6. The van der Waals surface area contributed by atoms with Crippen molar-refractivity contribution >= 4 is 34.0 Å². The van der Waals surface area contributed by atoms with Crippen molar-refractivity contribution in [3.63, 3.8) is 0 Å². The van der Waals surface area contributed by atoms with Crippen LogP contribution in [0.3, 0.4) is 0 Å². The first-order valence-corrected chi connectivity index (χ1v) is 7.96. The Bertz CT molecular complexity index is 793. The number of imidazole rings is 1. The number of nitrogens with zero attached hydrogens (tertiary/aromatic N) is 3. The summed E-state index contributed by atoms with van der Waals surface area (Å²) >= 11 is 7.89. The number of aryl methyl sites for hydroxylation is 1. The number of alkyl halides is 1. The average Bonchev–Trinajstić information content (AvgIpc) is 3.01. The van der Waals surface area contributed by atoms with Crippen molar-refractivity contribution in [3.8, 4) is 0 Å². The summed E-state index contributed by atoms with van der Waals surface area (Å²) in [6.45, 7) is 5.92. The maximum absolute atomic E-state index is 13.6. The van der Waals surface area contributed by atoms with E-state index in [-0.39, 0.29) is 17.2 Å². The van der Waals surface area contributed by atoms with Crippen molar-refractivity contribution in [1.82, 2.24) is 14.5 Å². The van der Waals surface area contributed by atoms with Gasteiger partial charge in [-0.15, -0.1) is 22.9 Å². The number of rotatable bonds is 3. The van der Waals surface area contributed by atoms with E-state index in [4.69, 9.17) is 11.6 Å². The summed E-state index contributed by atoms with van der Waals surface area (Å²) in [6.07, 6.45) is 1.85. The summed E-state index contributed by atoms with van der Waals surface area (Å²) in [6, 6.07) is 4.57. The van der Waals surface area contributed by atoms with Crippen LogP contribution >= 0.6 is 22.9 Å². The first-order chi connectivity index (χ1) is 9.97. The molecular weight excluding hydrogens is 309 g/mol. The summed E-state index contributed by atoms with van der Waals surface area (Å²) in [5.74, 6) is 0.456. The molecule has 0 aliphatic heterocycles. The normalized spacial score (nSPS) is 14.5. The van der Waals surface area contributed by atoms with E-state index in [1.54, 1.807) is 17.4 Å². The van der Waals surface area contributed by atoms with Crippen LogP contribution < -0.4 is 0 Å². The molecule has 0 bridgehead atoms. The van der Waals surface area contributed by atoms with Crippen molar-refractivity contribution in [1.29, 1.82) is 0 Å². The van der Waals surface area contributed by atoms with Gasteiger partial charge in [0, 0.05) is 11.1 Å². The highest BCUT2D eigenvalue weighted by atomic mass is 35.5. The zero-order chi connectivity index (χ0) is 15.1. The van der Waals surface area contributed by atoms with Gasteiger partial charge in [0.25, 0.3) is 0 Å². The van der Waals surface area contributed by atoms with E-state index in [1.165, 1.54) is 12.1 Å². The molecule has 3 nitrogen and oxygen atoms in total. The summed E-state index contributed by atoms with van der Waals surface area (Å²) in [7, 11) is 0. The third-order valence-electron chi connectivity index (χ3n) is 3.42. The molecule has 3 aromatic rings. The number of fused-ring (bicyclic) bond motifs is 1. The van der Waals surface area contributed by atoms with E-state index in [0.717, 1.165) is 26.7 Å². The van der Waals surface area contributed by atoms with Crippen LogP contribution in [-0.4, -0.2) is 14.5 Å². The molecule has 21 heavy (non-hydrogen) atoms. The molecular formula is C15H15ClFN3S. The Morgan fingerprint density at radius 2 is 2.10 bits per heavy atom. The fourth-order valence-corrected chi connectivity index (χ4v) is 3.42. The van der Waals surface area contributed by atoms with Crippen molar-refractivity contribution < 1.29 is 4.39 Å². The van der Waals surface area contributed by atoms with Crippen LogP contribution in [0.25, 0.3) is 11.0 Å². The van der Waals surface area contributed by atoms with Crippen LogP contribution in [0.5, 0.6) is 0 Å². The van der Waals surface area contributed by atoms with Gasteiger partial charge in [0.1, 0.15) is 16.6 Å². The number of hydrogen-bond acceptors (Lipinski definition) is 3. The molecule has 3 rings (SSSR count). The Balaban J connectivity index is 2.23. The molecule has 0 aliphatic carbocycles. The quantitative estimate of drug-likeness (QED) is 0.645. The lowest BCUT2D eigenvalue weighted by Crippen LogP contribution is -2.11. The number of thiazole rings is 1. The molecule has 6 heteroatoms. The number of hydrogen-bond donors (Lipinski definition) is 0. The number of benzene rings is 1. The molecule has 1 aromatic carbocycles. The minimum atomic E-state index is -0.278. The molecule has 0 fully saturated rings. The van der Waals surface area contributed by atoms with Gasteiger partial charge in [0.05, 0.1) is 22.5 Å². The molecule has 2 aromatic heterocycles. The molecule has 0 radical (unpaired) electrons. The van der Waals surface area contributed by atoms with Crippen LogP contribution in [0, 0.1) is 12.7 Å². The Kier molecular flexibility index (Phi) is 3.71. The monoisotopic (exact) mass is 323 g/mol. The van der Waals surface area contributed by atoms with Gasteiger partial charge in [-0.2, -0.15) is 0 Å². The third kappa shape index (κ3) is 2.56. The predicted molar refractivity (Wildman–Crippen MR) is 84.6 cm³/mol. The molecule has 2 atom stereocenters. The number of halogens is 2. The lowest BCUT2D eigenvalue weighted by atomic mass is 10.2. The smallest absolute Gasteiger partial charge is 0.128 e. The van der Waals surface area contributed by atoms with Gasteiger partial charge in [0.2, 0.25) is 0 Å². The number of aromatic nitrogens is 3. The summed E-state index contributed by atoms with van der Waals surface area (Å²) in [5, 5.41) is 0.707. The third-order valence-corrected chi connectivity index (χ3v) is 4.70. The van der Waals surface area contributed by atoms with E-state index >= 15 is 0 Å². The first-order valence-electron chi connectivity index (χ1n) is 6.71. The van der Waals surface area contributed by atoms with Crippen molar-refractivity contribution in [2.24, 2.45) is 0 Å². The van der Waals surface area contributed by atoms with Gasteiger partial charge in [-0.1, -0.05) is 0 Å². The van der Waals surface area contributed by atoms with Crippen molar-refractivity contribution in [3.05, 3.63) is 45.9 Å². The molecule has 0 amide bonds. The van der Waals surface area contributed by atoms with Crippen LogP contribution in [0.4, 0.5) is 4.39 Å². The zero-order valence-corrected chi connectivity index (χ0v) is 13.5.